The molecular formula is C14H15BrN2O2. The monoisotopic (exact) mass is 322 g/mol. The first-order valence-electron chi connectivity index (χ1n) is 5.99. The van der Waals surface area contributed by atoms with E-state index in [-0.39, 0.29) is 6.42 Å². The van der Waals surface area contributed by atoms with Crippen LogP contribution in [0.5, 0.6) is 0 Å². The molecule has 0 spiro atoms. The van der Waals surface area contributed by atoms with Crippen LogP contribution in [0.2, 0.25) is 0 Å². The summed E-state index contributed by atoms with van der Waals surface area (Å²) in [5.74, 6) is -0.0379. The van der Waals surface area contributed by atoms with Crippen molar-refractivity contribution in [2.75, 3.05) is 0 Å². The summed E-state index contributed by atoms with van der Waals surface area (Å²) in [4.78, 5) is 15.2. The van der Waals surface area contributed by atoms with Crippen molar-refractivity contribution in [2.45, 2.75) is 19.8 Å². The minimum Gasteiger partial charge on any atom is -0.481 e. The average molecular weight is 323 g/mol. The topological polar surface area (TPSA) is 55.1 Å². The maximum atomic E-state index is 10.7. The van der Waals surface area contributed by atoms with Crippen molar-refractivity contribution < 1.29 is 9.90 Å². The number of aromatic nitrogens is 2. The molecule has 1 heterocycles. The largest absolute Gasteiger partial charge is 0.481 e. The Kier molecular flexibility index (Phi) is 4.04. The number of carbonyl (C=O) groups is 1. The molecule has 100 valence electrons. The lowest BCUT2D eigenvalue weighted by molar-refractivity contribution is -0.137. The normalized spacial score (nSPS) is 10.7. The second-order valence-electron chi connectivity index (χ2n) is 4.44. The molecule has 0 saturated heterocycles. The summed E-state index contributed by atoms with van der Waals surface area (Å²) in [5.41, 5.74) is 3.07. The molecule has 0 fully saturated rings. The van der Waals surface area contributed by atoms with Crippen LogP contribution in [-0.4, -0.2) is 20.6 Å². The fraction of sp³-hybridized carbons (Fsp3) is 0.286. The second kappa shape index (κ2) is 5.57. The van der Waals surface area contributed by atoms with Crippen molar-refractivity contribution in [3.8, 4) is 11.3 Å². The molecule has 0 aliphatic rings. The minimum atomic E-state index is -0.809. The smallest absolute Gasteiger partial charge is 0.303 e. The quantitative estimate of drug-likeness (QED) is 0.940. The lowest BCUT2D eigenvalue weighted by Gasteiger charge is -2.02. The SMILES string of the molecule is Cc1ccccc1-c1nc(CCC(=O)O)n(C)c1Br. The minimum absolute atomic E-state index is 0.0878. The van der Waals surface area contributed by atoms with E-state index in [2.05, 4.69) is 20.9 Å². The van der Waals surface area contributed by atoms with E-state index in [4.69, 9.17) is 5.11 Å². The van der Waals surface area contributed by atoms with Crippen LogP contribution in [0.25, 0.3) is 11.3 Å². The van der Waals surface area contributed by atoms with Crippen LogP contribution in [0, 0.1) is 6.92 Å². The van der Waals surface area contributed by atoms with E-state index < -0.39 is 5.97 Å². The zero-order valence-electron chi connectivity index (χ0n) is 10.9. The van der Waals surface area contributed by atoms with Gasteiger partial charge < -0.3 is 9.67 Å². The standard InChI is InChI=1S/C14H15BrN2O2/c1-9-5-3-4-6-10(9)13-14(15)17(2)11(16-13)7-8-12(18)19/h3-6H,7-8H2,1-2H3,(H,18,19). The van der Waals surface area contributed by atoms with E-state index in [0.29, 0.717) is 6.42 Å². The zero-order valence-corrected chi connectivity index (χ0v) is 12.4. The predicted molar refractivity (Wildman–Crippen MR) is 77.0 cm³/mol. The van der Waals surface area contributed by atoms with Gasteiger partial charge in [-0.2, -0.15) is 0 Å². The van der Waals surface area contributed by atoms with E-state index in [1.165, 1.54) is 0 Å². The molecule has 2 aromatic rings. The third-order valence-corrected chi connectivity index (χ3v) is 3.99. The highest BCUT2D eigenvalue weighted by atomic mass is 79.9. The lowest BCUT2D eigenvalue weighted by Crippen LogP contribution is -2.03. The molecule has 0 unspecified atom stereocenters. The Bertz CT molecular complexity index is 620. The number of carboxylic acids is 1. The van der Waals surface area contributed by atoms with Crippen LogP contribution >= 0.6 is 15.9 Å². The number of benzene rings is 1. The van der Waals surface area contributed by atoms with E-state index in [0.717, 1.165) is 27.2 Å². The predicted octanol–water partition coefficient (Wildman–Crippen LogP) is 3.18. The zero-order chi connectivity index (χ0) is 14.0. The van der Waals surface area contributed by atoms with E-state index in [1.54, 1.807) is 0 Å². The Morgan fingerprint density at radius 2 is 2.11 bits per heavy atom. The first-order valence-corrected chi connectivity index (χ1v) is 6.79. The summed E-state index contributed by atoms with van der Waals surface area (Å²) in [6, 6.07) is 8.01. The lowest BCUT2D eigenvalue weighted by atomic mass is 10.1. The van der Waals surface area contributed by atoms with Crippen molar-refractivity contribution >= 4 is 21.9 Å². The fourth-order valence-electron chi connectivity index (χ4n) is 1.97. The molecular weight excluding hydrogens is 308 g/mol. The van der Waals surface area contributed by atoms with Crippen LogP contribution in [-0.2, 0) is 18.3 Å². The van der Waals surface area contributed by atoms with Gasteiger partial charge in [-0.3, -0.25) is 4.79 Å². The van der Waals surface area contributed by atoms with Crippen LogP contribution in [0.4, 0.5) is 0 Å². The highest BCUT2D eigenvalue weighted by Crippen LogP contribution is 2.30. The van der Waals surface area contributed by atoms with Crippen molar-refractivity contribution in [3.05, 3.63) is 40.3 Å². The molecule has 0 amide bonds. The van der Waals surface area contributed by atoms with Crippen molar-refractivity contribution in [1.82, 2.24) is 9.55 Å². The number of imidazole rings is 1. The van der Waals surface area contributed by atoms with Gasteiger partial charge in [0.05, 0.1) is 6.42 Å². The Morgan fingerprint density at radius 1 is 1.42 bits per heavy atom. The Balaban J connectivity index is 2.40. The molecule has 0 saturated carbocycles. The molecule has 2 rings (SSSR count). The molecule has 1 aromatic heterocycles. The molecule has 1 aromatic carbocycles. The number of carboxylic acid groups (broad SMARTS) is 1. The number of rotatable bonds is 4. The summed E-state index contributed by atoms with van der Waals surface area (Å²) in [5, 5.41) is 8.75. The highest BCUT2D eigenvalue weighted by Gasteiger charge is 2.15. The summed E-state index contributed by atoms with van der Waals surface area (Å²) < 4.78 is 2.77. The van der Waals surface area contributed by atoms with Crippen LogP contribution in [0.15, 0.2) is 28.9 Å². The average Bonchev–Trinajstić information content (AvgIpc) is 2.65. The van der Waals surface area contributed by atoms with Crippen molar-refractivity contribution in [3.63, 3.8) is 0 Å². The van der Waals surface area contributed by atoms with Crippen LogP contribution in [0.3, 0.4) is 0 Å². The van der Waals surface area contributed by atoms with Gasteiger partial charge in [0.2, 0.25) is 0 Å². The van der Waals surface area contributed by atoms with Crippen molar-refractivity contribution in [2.24, 2.45) is 7.05 Å². The number of aryl methyl sites for hydroxylation is 2. The molecule has 0 aliphatic carbocycles. The number of nitrogens with zero attached hydrogens (tertiary/aromatic N) is 2. The second-order valence-corrected chi connectivity index (χ2v) is 5.19. The fourth-order valence-corrected chi connectivity index (χ4v) is 2.48. The Morgan fingerprint density at radius 3 is 2.74 bits per heavy atom. The van der Waals surface area contributed by atoms with E-state index in [9.17, 15) is 4.79 Å². The first kappa shape index (κ1) is 13.8. The first-order chi connectivity index (χ1) is 9.00. The van der Waals surface area contributed by atoms with Crippen LogP contribution < -0.4 is 0 Å². The molecule has 0 atom stereocenters. The number of halogens is 1. The van der Waals surface area contributed by atoms with Crippen LogP contribution in [0.1, 0.15) is 17.8 Å². The summed E-state index contributed by atoms with van der Waals surface area (Å²) >= 11 is 3.53. The molecule has 0 aliphatic heterocycles. The number of aliphatic carboxylic acids is 1. The van der Waals surface area contributed by atoms with Gasteiger partial charge in [0.15, 0.2) is 0 Å². The van der Waals surface area contributed by atoms with Crippen molar-refractivity contribution in [1.29, 1.82) is 0 Å². The number of hydrogen-bond acceptors (Lipinski definition) is 2. The third-order valence-electron chi connectivity index (χ3n) is 3.08. The van der Waals surface area contributed by atoms with Gasteiger partial charge in [-0.1, -0.05) is 24.3 Å². The Hall–Kier alpha value is -1.62. The van der Waals surface area contributed by atoms with Gasteiger partial charge in [-0.25, -0.2) is 4.98 Å². The molecule has 0 radical (unpaired) electrons. The maximum Gasteiger partial charge on any atom is 0.303 e. The van der Waals surface area contributed by atoms with Gasteiger partial charge in [-0.15, -0.1) is 0 Å². The third kappa shape index (κ3) is 2.87. The summed E-state index contributed by atoms with van der Waals surface area (Å²) in [6.45, 7) is 2.04. The number of hydrogen-bond donors (Lipinski definition) is 1. The van der Waals surface area contributed by atoms with Gasteiger partial charge >= 0.3 is 5.97 Å². The Labute approximate surface area is 120 Å². The molecule has 5 heteroatoms. The molecule has 4 nitrogen and oxygen atoms in total. The molecule has 1 N–H and O–H groups in total. The maximum absolute atomic E-state index is 10.7. The van der Waals surface area contributed by atoms with E-state index >= 15 is 0 Å². The summed E-state index contributed by atoms with van der Waals surface area (Å²) in [6.07, 6.45) is 0.515. The van der Waals surface area contributed by atoms with Gasteiger partial charge in [0.1, 0.15) is 16.1 Å². The van der Waals surface area contributed by atoms with Gasteiger partial charge in [-0.05, 0) is 28.4 Å². The molecule has 19 heavy (non-hydrogen) atoms. The van der Waals surface area contributed by atoms with E-state index in [1.807, 2.05) is 42.8 Å². The van der Waals surface area contributed by atoms with Gasteiger partial charge in [0.25, 0.3) is 0 Å². The highest BCUT2D eigenvalue weighted by molar-refractivity contribution is 9.10. The van der Waals surface area contributed by atoms with Gasteiger partial charge in [0, 0.05) is 19.0 Å². The molecule has 0 bridgehead atoms. The summed E-state index contributed by atoms with van der Waals surface area (Å²) in [7, 11) is 1.88.